The summed E-state index contributed by atoms with van der Waals surface area (Å²) >= 11 is 0. The zero-order valence-corrected chi connectivity index (χ0v) is 17.1. The van der Waals surface area contributed by atoms with Crippen LogP contribution < -0.4 is 0 Å². The van der Waals surface area contributed by atoms with Gasteiger partial charge in [-0.05, 0) is 22.6 Å². The summed E-state index contributed by atoms with van der Waals surface area (Å²) in [4.78, 5) is 23.3. The molecule has 6 heteroatoms. The van der Waals surface area contributed by atoms with Crippen molar-refractivity contribution < 1.29 is 19.8 Å². The van der Waals surface area contributed by atoms with E-state index in [1.807, 2.05) is 0 Å². The van der Waals surface area contributed by atoms with Gasteiger partial charge in [0.25, 0.3) is 0 Å². The highest BCUT2D eigenvalue weighted by molar-refractivity contribution is 6.27. The van der Waals surface area contributed by atoms with Crippen molar-refractivity contribution in [3.63, 3.8) is 0 Å². The summed E-state index contributed by atoms with van der Waals surface area (Å²) in [6, 6.07) is 20.0. The van der Waals surface area contributed by atoms with Crippen molar-refractivity contribution in [2.24, 2.45) is 0 Å². The molecule has 1 fully saturated rings. The van der Waals surface area contributed by atoms with Gasteiger partial charge < -0.3 is 10.2 Å². The van der Waals surface area contributed by atoms with E-state index in [-0.39, 0.29) is 0 Å². The van der Waals surface area contributed by atoms with Crippen LogP contribution in [0.15, 0.2) is 54.6 Å². The Morgan fingerprint density at radius 3 is 1.55 bits per heavy atom. The molecule has 0 unspecified atom stereocenters. The Morgan fingerprint density at radius 1 is 0.759 bits per heavy atom. The molecular weight excluding hydrogens is 368 g/mol. The second-order valence-electron chi connectivity index (χ2n) is 7.54. The maximum Gasteiger partial charge on any atom is 0.414 e. The molecule has 0 radical (unpaired) electrons. The van der Waals surface area contributed by atoms with Gasteiger partial charge in [0.05, 0.1) is 0 Å². The van der Waals surface area contributed by atoms with Crippen LogP contribution in [0.25, 0.3) is 0 Å². The SMILES string of the molecule is CC(C)c1ccc(CN2CCN(Cc3ccccc3)CC2)cc1.O=C(O)C(=O)O. The van der Waals surface area contributed by atoms with Crippen LogP contribution in [0.4, 0.5) is 0 Å². The number of rotatable bonds is 5. The summed E-state index contributed by atoms with van der Waals surface area (Å²) in [5.41, 5.74) is 4.29. The average Bonchev–Trinajstić information content (AvgIpc) is 2.71. The van der Waals surface area contributed by atoms with Crippen molar-refractivity contribution in [2.75, 3.05) is 26.2 Å². The van der Waals surface area contributed by atoms with Crippen molar-refractivity contribution in [3.05, 3.63) is 71.3 Å². The van der Waals surface area contributed by atoms with E-state index in [2.05, 4.69) is 78.2 Å². The lowest BCUT2D eigenvalue weighted by molar-refractivity contribution is -0.159. The van der Waals surface area contributed by atoms with E-state index >= 15 is 0 Å². The van der Waals surface area contributed by atoms with Crippen molar-refractivity contribution in [2.45, 2.75) is 32.9 Å². The first-order chi connectivity index (χ1) is 13.8. The molecule has 1 heterocycles. The molecule has 0 bridgehead atoms. The topological polar surface area (TPSA) is 81.1 Å². The molecule has 1 saturated heterocycles. The van der Waals surface area contributed by atoms with E-state index in [1.54, 1.807) is 0 Å². The van der Waals surface area contributed by atoms with Crippen molar-refractivity contribution >= 4 is 11.9 Å². The normalized spacial score (nSPS) is 14.9. The number of piperazine rings is 1. The monoisotopic (exact) mass is 398 g/mol. The summed E-state index contributed by atoms with van der Waals surface area (Å²) in [5.74, 6) is -3.03. The van der Waals surface area contributed by atoms with Crippen LogP contribution in [0.2, 0.25) is 0 Å². The molecule has 6 nitrogen and oxygen atoms in total. The minimum Gasteiger partial charge on any atom is -0.473 e. The fraction of sp³-hybridized carbons (Fsp3) is 0.391. The number of carbonyl (C=O) groups is 2. The first-order valence-electron chi connectivity index (χ1n) is 9.89. The van der Waals surface area contributed by atoms with Gasteiger partial charge in [-0.25, -0.2) is 9.59 Å². The zero-order valence-electron chi connectivity index (χ0n) is 17.1. The molecule has 0 atom stereocenters. The van der Waals surface area contributed by atoms with Crippen molar-refractivity contribution in [1.29, 1.82) is 0 Å². The van der Waals surface area contributed by atoms with Crippen LogP contribution in [-0.4, -0.2) is 58.1 Å². The molecule has 0 aromatic heterocycles. The first kappa shape index (κ1) is 22.6. The Hall–Kier alpha value is -2.70. The summed E-state index contributed by atoms with van der Waals surface area (Å²) < 4.78 is 0. The lowest BCUT2D eigenvalue weighted by Gasteiger charge is -2.34. The Morgan fingerprint density at radius 2 is 1.17 bits per heavy atom. The molecule has 156 valence electrons. The van der Waals surface area contributed by atoms with Gasteiger partial charge in [0.1, 0.15) is 0 Å². The molecule has 29 heavy (non-hydrogen) atoms. The predicted octanol–water partition coefficient (Wildman–Crippen LogP) is 3.28. The zero-order chi connectivity index (χ0) is 21.2. The smallest absolute Gasteiger partial charge is 0.414 e. The first-order valence-corrected chi connectivity index (χ1v) is 9.89. The van der Waals surface area contributed by atoms with E-state index in [0.717, 1.165) is 13.1 Å². The number of benzene rings is 2. The van der Waals surface area contributed by atoms with Gasteiger partial charge in [-0.3, -0.25) is 9.80 Å². The van der Waals surface area contributed by atoms with Gasteiger partial charge in [-0.15, -0.1) is 0 Å². The predicted molar refractivity (Wildman–Crippen MR) is 113 cm³/mol. The Balaban J connectivity index is 0.000000438. The summed E-state index contributed by atoms with van der Waals surface area (Å²) in [6.07, 6.45) is 0. The van der Waals surface area contributed by atoms with Gasteiger partial charge in [0.2, 0.25) is 0 Å². The molecule has 1 aliphatic rings. The van der Waals surface area contributed by atoms with Crippen LogP contribution in [-0.2, 0) is 22.7 Å². The molecule has 2 aromatic carbocycles. The maximum atomic E-state index is 9.10. The number of aliphatic carboxylic acids is 2. The number of hydrogen-bond acceptors (Lipinski definition) is 4. The number of carboxylic acids is 2. The lowest BCUT2D eigenvalue weighted by Crippen LogP contribution is -2.45. The van der Waals surface area contributed by atoms with Crippen LogP contribution in [0.5, 0.6) is 0 Å². The highest BCUT2D eigenvalue weighted by atomic mass is 16.4. The average molecular weight is 399 g/mol. The van der Waals surface area contributed by atoms with Crippen LogP contribution in [0.1, 0.15) is 36.5 Å². The second-order valence-corrected chi connectivity index (χ2v) is 7.54. The fourth-order valence-corrected chi connectivity index (χ4v) is 3.21. The molecule has 0 aliphatic carbocycles. The summed E-state index contributed by atoms with van der Waals surface area (Å²) in [5, 5.41) is 14.8. The van der Waals surface area contributed by atoms with Gasteiger partial charge in [-0.1, -0.05) is 68.4 Å². The molecule has 0 saturated carbocycles. The van der Waals surface area contributed by atoms with Gasteiger partial charge in [-0.2, -0.15) is 0 Å². The van der Waals surface area contributed by atoms with Gasteiger partial charge in [0.15, 0.2) is 0 Å². The Kier molecular flexibility index (Phi) is 8.83. The standard InChI is InChI=1S/C21H28N2.C2H2O4/c1-18(2)21-10-8-20(9-11-21)17-23-14-12-22(13-15-23)16-19-6-4-3-5-7-19;3-1(4)2(5)6/h3-11,18H,12-17H2,1-2H3;(H,3,4)(H,5,6). The molecular formula is C23H30N2O4. The molecule has 0 amide bonds. The van der Waals surface area contributed by atoms with E-state index in [1.165, 1.54) is 42.9 Å². The Labute approximate surface area is 172 Å². The molecule has 2 N–H and O–H groups in total. The Bertz CT molecular complexity index is 755. The third-order valence-electron chi connectivity index (χ3n) is 4.95. The van der Waals surface area contributed by atoms with Crippen molar-refractivity contribution in [1.82, 2.24) is 9.80 Å². The summed E-state index contributed by atoms with van der Waals surface area (Å²) in [7, 11) is 0. The third-order valence-corrected chi connectivity index (χ3v) is 4.95. The fourth-order valence-electron chi connectivity index (χ4n) is 3.21. The highest BCUT2D eigenvalue weighted by Crippen LogP contribution is 2.16. The number of hydrogen-bond donors (Lipinski definition) is 2. The molecule has 0 spiro atoms. The molecule has 3 rings (SSSR count). The largest absolute Gasteiger partial charge is 0.473 e. The summed E-state index contributed by atoms with van der Waals surface area (Å²) in [6.45, 7) is 11.3. The van der Waals surface area contributed by atoms with Gasteiger partial charge >= 0.3 is 11.9 Å². The third kappa shape index (κ3) is 8.05. The van der Waals surface area contributed by atoms with Crippen LogP contribution in [0.3, 0.4) is 0 Å². The van der Waals surface area contributed by atoms with Gasteiger partial charge in [0, 0.05) is 39.3 Å². The highest BCUT2D eigenvalue weighted by Gasteiger charge is 2.17. The number of nitrogens with zero attached hydrogens (tertiary/aromatic N) is 2. The van der Waals surface area contributed by atoms with Crippen LogP contribution >= 0.6 is 0 Å². The van der Waals surface area contributed by atoms with Crippen molar-refractivity contribution in [3.8, 4) is 0 Å². The minimum atomic E-state index is -1.82. The maximum absolute atomic E-state index is 9.10. The lowest BCUT2D eigenvalue weighted by atomic mass is 10.0. The quantitative estimate of drug-likeness (QED) is 0.753. The minimum absolute atomic E-state index is 0.616. The van der Waals surface area contributed by atoms with E-state index in [4.69, 9.17) is 19.8 Å². The van der Waals surface area contributed by atoms with E-state index in [9.17, 15) is 0 Å². The molecule has 1 aliphatic heterocycles. The van der Waals surface area contributed by atoms with E-state index < -0.39 is 11.9 Å². The molecule has 2 aromatic rings. The van der Waals surface area contributed by atoms with Crippen LogP contribution in [0, 0.1) is 0 Å². The second kappa shape index (κ2) is 11.3. The number of carboxylic acid groups (broad SMARTS) is 2. The van der Waals surface area contributed by atoms with E-state index in [0.29, 0.717) is 5.92 Å².